The highest BCUT2D eigenvalue weighted by atomic mass is 79.9. The molecule has 0 saturated heterocycles. The number of aromatic nitrogens is 2. The van der Waals surface area contributed by atoms with Gasteiger partial charge in [0.1, 0.15) is 17.5 Å². The van der Waals surface area contributed by atoms with Crippen LogP contribution in [0.15, 0.2) is 33.9 Å². The van der Waals surface area contributed by atoms with Gasteiger partial charge in [0.05, 0.1) is 4.47 Å². The summed E-state index contributed by atoms with van der Waals surface area (Å²) in [6, 6.07) is 6.34. The molecular weight excluding hydrogens is 319 g/mol. The lowest BCUT2D eigenvalue weighted by Crippen LogP contribution is -2.00. The summed E-state index contributed by atoms with van der Waals surface area (Å²) in [5.41, 5.74) is 6.25. The zero-order valence-corrected chi connectivity index (χ0v) is 11.8. The van der Waals surface area contributed by atoms with E-state index >= 15 is 0 Å². The Balaban J connectivity index is 2.27. The molecule has 0 fully saturated rings. The highest BCUT2D eigenvalue weighted by Crippen LogP contribution is 2.23. The van der Waals surface area contributed by atoms with Gasteiger partial charge in [-0.25, -0.2) is 14.4 Å². The van der Waals surface area contributed by atoms with Crippen LogP contribution in [-0.2, 0) is 0 Å². The van der Waals surface area contributed by atoms with Gasteiger partial charge in [-0.05, 0) is 40.4 Å². The van der Waals surface area contributed by atoms with Gasteiger partial charge in [-0.15, -0.1) is 0 Å². The molecule has 0 aliphatic rings. The molecule has 0 spiro atoms. The number of benzene rings is 1. The molecule has 3 N–H and O–H groups in total. The minimum absolute atomic E-state index is 0.341. The molecule has 0 saturated carbocycles. The fourth-order valence-corrected chi connectivity index (χ4v) is 1.95. The van der Waals surface area contributed by atoms with Crippen molar-refractivity contribution in [3.05, 3.63) is 34.6 Å². The van der Waals surface area contributed by atoms with E-state index in [0.29, 0.717) is 27.0 Å². The Labute approximate surface area is 116 Å². The second-order valence-electron chi connectivity index (χ2n) is 3.42. The maximum atomic E-state index is 13.4. The Kier molecular flexibility index (Phi) is 4.03. The molecule has 7 heteroatoms. The van der Waals surface area contributed by atoms with Crippen molar-refractivity contribution in [3.8, 4) is 0 Å². The van der Waals surface area contributed by atoms with Crippen LogP contribution >= 0.6 is 27.7 Å². The quantitative estimate of drug-likeness (QED) is 0.667. The maximum Gasteiger partial charge on any atom is 0.191 e. The molecule has 0 amide bonds. The summed E-state index contributed by atoms with van der Waals surface area (Å²) in [4.78, 5) is 8.26. The fourth-order valence-electron chi connectivity index (χ4n) is 1.32. The van der Waals surface area contributed by atoms with Crippen LogP contribution in [0.1, 0.15) is 0 Å². The van der Waals surface area contributed by atoms with Crippen LogP contribution < -0.4 is 11.1 Å². The van der Waals surface area contributed by atoms with E-state index in [1.165, 1.54) is 17.8 Å². The topological polar surface area (TPSA) is 63.8 Å². The van der Waals surface area contributed by atoms with E-state index in [0.717, 1.165) is 0 Å². The minimum atomic E-state index is -0.341. The largest absolute Gasteiger partial charge is 0.383 e. The third-order valence-corrected chi connectivity index (χ3v) is 3.29. The first-order valence-corrected chi connectivity index (χ1v) is 7.01. The predicted octanol–water partition coefficient (Wildman–Crippen LogP) is 3.43. The second kappa shape index (κ2) is 5.53. The monoisotopic (exact) mass is 328 g/mol. The second-order valence-corrected chi connectivity index (χ2v) is 5.05. The lowest BCUT2D eigenvalue weighted by molar-refractivity contribution is 0.622. The molecular formula is C11H10BrFN4S. The molecule has 0 radical (unpaired) electrons. The minimum Gasteiger partial charge on any atom is -0.383 e. The molecule has 94 valence electrons. The third-order valence-electron chi connectivity index (χ3n) is 2.10. The van der Waals surface area contributed by atoms with Crippen LogP contribution in [0, 0.1) is 5.82 Å². The van der Waals surface area contributed by atoms with E-state index in [1.54, 1.807) is 18.2 Å². The van der Waals surface area contributed by atoms with Crippen molar-refractivity contribution < 1.29 is 4.39 Å². The zero-order chi connectivity index (χ0) is 13.1. The predicted molar refractivity (Wildman–Crippen MR) is 75.6 cm³/mol. The first-order chi connectivity index (χ1) is 8.58. The van der Waals surface area contributed by atoms with Gasteiger partial charge in [-0.1, -0.05) is 11.8 Å². The average molecular weight is 329 g/mol. The summed E-state index contributed by atoms with van der Waals surface area (Å²) in [7, 11) is 0. The smallest absolute Gasteiger partial charge is 0.191 e. The van der Waals surface area contributed by atoms with Gasteiger partial charge >= 0.3 is 0 Å². The number of hydrogen-bond donors (Lipinski definition) is 2. The molecule has 18 heavy (non-hydrogen) atoms. The highest BCUT2D eigenvalue weighted by molar-refractivity contribution is 9.10. The average Bonchev–Trinajstić information content (AvgIpc) is 2.33. The summed E-state index contributed by atoms with van der Waals surface area (Å²) in [5.74, 6) is 0.565. The Morgan fingerprint density at radius 2 is 2.11 bits per heavy atom. The van der Waals surface area contributed by atoms with Gasteiger partial charge in [0.2, 0.25) is 0 Å². The summed E-state index contributed by atoms with van der Waals surface area (Å²) in [6.07, 6.45) is 1.86. The van der Waals surface area contributed by atoms with E-state index in [4.69, 9.17) is 5.73 Å². The van der Waals surface area contributed by atoms with Crippen molar-refractivity contribution in [2.24, 2.45) is 0 Å². The standard InChI is InChI=1S/C11H10BrFN4S/c1-18-11-16-9(14)5-10(17-11)15-6-2-3-7(12)8(13)4-6/h2-5H,1H3,(H3,14,15,16,17). The van der Waals surface area contributed by atoms with E-state index < -0.39 is 0 Å². The molecule has 1 aromatic carbocycles. The SMILES string of the molecule is CSc1nc(N)cc(Nc2ccc(Br)c(F)c2)n1. The van der Waals surface area contributed by atoms with Crippen LogP contribution in [0.4, 0.5) is 21.7 Å². The van der Waals surface area contributed by atoms with Crippen molar-refractivity contribution in [1.29, 1.82) is 0 Å². The first-order valence-electron chi connectivity index (χ1n) is 4.99. The number of nitrogen functional groups attached to an aromatic ring is 1. The number of thioether (sulfide) groups is 1. The normalized spacial score (nSPS) is 10.4. The molecule has 0 aliphatic carbocycles. The van der Waals surface area contributed by atoms with E-state index in [9.17, 15) is 4.39 Å². The molecule has 1 heterocycles. The van der Waals surface area contributed by atoms with Crippen LogP contribution in [0.3, 0.4) is 0 Å². The van der Waals surface area contributed by atoms with Gasteiger partial charge in [-0.2, -0.15) is 0 Å². The molecule has 0 atom stereocenters. The number of nitrogens with two attached hydrogens (primary N) is 1. The van der Waals surface area contributed by atoms with Crippen LogP contribution in [0.25, 0.3) is 0 Å². The van der Waals surface area contributed by atoms with Crippen LogP contribution in [-0.4, -0.2) is 16.2 Å². The first kappa shape index (κ1) is 13.1. The Morgan fingerprint density at radius 1 is 1.33 bits per heavy atom. The number of anilines is 3. The lowest BCUT2D eigenvalue weighted by Gasteiger charge is -2.08. The van der Waals surface area contributed by atoms with Gasteiger partial charge in [0.15, 0.2) is 5.16 Å². The Morgan fingerprint density at radius 3 is 2.78 bits per heavy atom. The fraction of sp³-hybridized carbons (Fsp3) is 0.0909. The van der Waals surface area contributed by atoms with Crippen molar-refractivity contribution in [1.82, 2.24) is 9.97 Å². The molecule has 0 aliphatic heterocycles. The summed E-state index contributed by atoms with van der Waals surface area (Å²) in [5, 5.41) is 3.55. The third kappa shape index (κ3) is 3.11. The number of nitrogens with one attached hydrogen (secondary N) is 1. The summed E-state index contributed by atoms with van der Waals surface area (Å²) in [6.45, 7) is 0. The maximum absolute atomic E-state index is 13.4. The molecule has 2 rings (SSSR count). The van der Waals surface area contributed by atoms with Crippen LogP contribution in [0.2, 0.25) is 0 Å². The lowest BCUT2D eigenvalue weighted by atomic mass is 10.3. The number of rotatable bonds is 3. The molecule has 2 aromatic rings. The van der Waals surface area contributed by atoms with Gasteiger partial charge in [0.25, 0.3) is 0 Å². The van der Waals surface area contributed by atoms with Gasteiger partial charge in [-0.3, -0.25) is 0 Å². The van der Waals surface area contributed by atoms with Gasteiger partial charge in [0, 0.05) is 11.8 Å². The highest BCUT2D eigenvalue weighted by Gasteiger charge is 2.04. The van der Waals surface area contributed by atoms with Crippen molar-refractivity contribution >= 4 is 45.0 Å². The molecule has 0 unspecified atom stereocenters. The number of nitrogens with zero attached hydrogens (tertiary/aromatic N) is 2. The Hall–Kier alpha value is -1.34. The molecule has 0 bridgehead atoms. The molecule has 1 aromatic heterocycles. The van der Waals surface area contributed by atoms with E-state index in [-0.39, 0.29) is 5.82 Å². The Bertz CT molecular complexity index is 579. The summed E-state index contributed by atoms with van der Waals surface area (Å²) < 4.78 is 13.8. The van der Waals surface area contributed by atoms with Crippen molar-refractivity contribution in [2.45, 2.75) is 5.16 Å². The van der Waals surface area contributed by atoms with Crippen molar-refractivity contribution in [3.63, 3.8) is 0 Å². The van der Waals surface area contributed by atoms with Gasteiger partial charge < -0.3 is 11.1 Å². The molecule has 4 nitrogen and oxygen atoms in total. The number of hydrogen-bond acceptors (Lipinski definition) is 5. The van der Waals surface area contributed by atoms with E-state index in [2.05, 4.69) is 31.2 Å². The van der Waals surface area contributed by atoms with E-state index in [1.807, 2.05) is 6.26 Å². The van der Waals surface area contributed by atoms with Crippen molar-refractivity contribution in [2.75, 3.05) is 17.3 Å². The van der Waals surface area contributed by atoms with Crippen LogP contribution in [0.5, 0.6) is 0 Å². The summed E-state index contributed by atoms with van der Waals surface area (Å²) >= 11 is 4.49. The zero-order valence-electron chi connectivity index (χ0n) is 9.45. The number of halogens is 2.